The Morgan fingerprint density at radius 3 is 2.70 bits per heavy atom. The largest absolute Gasteiger partial charge is 0.440 e. The lowest BCUT2D eigenvalue weighted by Crippen LogP contribution is -2.07. The van der Waals surface area contributed by atoms with Crippen molar-refractivity contribution in [3.8, 4) is 11.3 Å². The zero-order valence-corrected chi connectivity index (χ0v) is 16.6. The molecule has 1 atom stereocenters. The van der Waals surface area contributed by atoms with E-state index in [-0.39, 0.29) is 17.4 Å². The first-order valence-corrected chi connectivity index (χ1v) is 11.5. The molecule has 0 spiro atoms. The summed E-state index contributed by atoms with van der Waals surface area (Å²) in [5.41, 5.74) is 0.898. The van der Waals surface area contributed by atoms with Crippen molar-refractivity contribution in [2.24, 2.45) is 5.92 Å². The fourth-order valence-corrected chi connectivity index (χ4v) is 5.53. The molecule has 0 N–H and O–H groups in total. The van der Waals surface area contributed by atoms with E-state index in [2.05, 4.69) is 15.2 Å². The standard InChI is InChI=1S/C17H16ClN3O4S2/c18-13-3-1-12(2-4-13)14-8-19-16(24-14)9-26-17-21-20-15(25-17)7-11-5-6-27(22,23)10-11/h1-4,8,11H,5-7,9-10H2. The Hall–Kier alpha value is -1.84. The highest BCUT2D eigenvalue weighted by Gasteiger charge is 2.29. The van der Waals surface area contributed by atoms with Crippen molar-refractivity contribution in [3.05, 3.63) is 47.3 Å². The van der Waals surface area contributed by atoms with Gasteiger partial charge in [0.1, 0.15) is 0 Å². The minimum absolute atomic E-state index is 0.0574. The van der Waals surface area contributed by atoms with Gasteiger partial charge in [-0.05, 0) is 36.6 Å². The quantitative estimate of drug-likeness (QED) is 0.552. The molecule has 1 unspecified atom stereocenters. The molecule has 1 saturated heterocycles. The molecule has 142 valence electrons. The summed E-state index contributed by atoms with van der Waals surface area (Å²) in [5, 5.41) is 9.08. The van der Waals surface area contributed by atoms with Crippen LogP contribution in [0.4, 0.5) is 0 Å². The summed E-state index contributed by atoms with van der Waals surface area (Å²) in [4.78, 5) is 4.26. The van der Waals surface area contributed by atoms with Crippen molar-refractivity contribution in [1.29, 1.82) is 0 Å². The van der Waals surface area contributed by atoms with Crippen molar-refractivity contribution < 1.29 is 17.3 Å². The molecule has 1 aliphatic rings. The van der Waals surface area contributed by atoms with Crippen LogP contribution < -0.4 is 0 Å². The van der Waals surface area contributed by atoms with Crippen molar-refractivity contribution in [1.82, 2.24) is 15.2 Å². The van der Waals surface area contributed by atoms with Gasteiger partial charge >= 0.3 is 0 Å². The highest BCUT2D eigenvalue weighted by Crippen LogP contribution is 2.27. The number of nitrogens with zero attached hydrogens (tertiary/aromatic N) is 3. The number of oxazole rings is 1. The first kappa shape index (κ1) is 18.5. The van der Waals surface area contributed by atoms with Gasteiger partial charge in [-0.3, -0.25) is 0 Å². The molecule has 0 bridgehead atoms. The number of hydrogen-bond donors (Lipinski definition) is 0. The van der Waals surface area contributed by atoms with Crippen molar-refractivity contribution in [3.63, 3.8) is 0 Å². The predicted octanol–water partition coefficient (Wildman–Crippen LogP) is 3.65. The Balaban J connectivity index is 1.33. The monoisotopic (exact) mass is 425 g/mol. The molecular formula is C17H16ClN3O4S2. The molecule has 10 heteroatoms. The molecule has 3 aromatic rings. The lowest BCUT2D eigenvalue weighted by atomic mass is 10.1. The van der Waals surface area contributed by atoms with E-state index in [0.717, 1.165) is 5.56 Å². The maximum atomic E-state index is 11.5. The van der Waals surface area contributed by atoms with E-state index in [1.807, 2.05) is 12.1 Å². The van der Waals surface area contributed by atoms with Crippen LogP contribution >= 0.6 is 23.4 Å². The molecular weight excluding hydrogens is 410 g/mol. The second kappa shape index (κ2) is 7.65. The predicted molar refractivity (Wildman–Crippen MR) is 101 cm³/mol. The fraction of sp³-hybridized carbons (Fsp3) is 0.353. The first-order chi connectivity index (χ1) is 13.0. The summed E-state index contributed by atoms with van der Waals surface area (Å²) in [7, 11) is -2.90. The Morgan fingerprint density at radius 1 is 1.15 bits per heavy atom. The Labute approximate surface area is 165 Å². The Bertz CT molecular complexity index is 1030. The number of benzene rings is 1. The molecule has 0 saturated carbocycles. The van der Waals surface area contributed by atoms with Gasteiger partial charge in [-0.25, -0.2) is 13.4 Å². The van der Waals surface area contributed by atoms with Gasteiger partial charge in [0, 0.05) is 17.0 Å². The van der Waals surface area contributed by atoms with Crippen LogP contribution in [-0.4, -0.2) is 35.1 Å². The number of rotatable bonds is 6. The lowest BCUT2D eigenvalue weighted by molar-refractivity contribution is 0.389. The highest BCUT2D eigenvalue weighted by atomic mass is 35.5. The highest BCUT2D eigenvalue weighted by molar-refractivity contribution is 7.98. The van der Waals surface area contributed by atoms with Gasteiger partial charge < -0.3 is 8.83 Å². The van der Waals surface area contributed by atoms with Gasteiger partial charge in [0.15, 0.2) is 15.6 Å². The average Bonchev–Trinajstić information content (AvgIpc) is 3.34. The summed E-state index contributed by atoms with van der Waals surface area (Å²) in [6.07, 6.45) is 2.81. The van der Waals surface area contributed by atoms with E-state index >= 15 is 0 Å². The molecule has 0 radical (unpaired) electrons. The third-order valence-electron chi connectivity index (χ3n) is 4.24. The van der Waals surface area contributed by atoms with Gasteiger partial charge in [-0.1, -0.05) is 23.4 Å². The molecule has 0 amide bonds. The summed E-state index contributed by atoms with van der Waals surface area (Å²) in [6, 6.07) is 7.33. The van der Waals surface area contributed by atoms with Crippen LogP contribution in [0.1, 0.15) is 18.2 Å². The molecule has 0 aliphatic carbocycles. The second-order valence-electron chi connectivity index (χ2n) is 6.35. The first-order valence-electron chi connectivity index (χ1n) is 8.33. The van der Waals surface area contributed by atoms with Crippen molar-refractivity contribution >= 4 is 33.2 Å². The smallest absolute Gasteiger partial charge is 0.277 e. The summed E-state index contributed by atoms with van der Waals surface area (Å²) < 4.78 is 34.4. The summed E-state index contributed by atoms with van der Waals surface area (Å²) in [6.45, 7) is 0. The van der Waals surface area contributed by atoms with Crippen LogP contribution in [0.5, 0.6) is 0 Å². The van der Waals surface area contributed by atoms with Gasteiger partial charge in [0.2, 0.25) is 11.8 Å². The Morgan fingerprint density at radius 2 is 1.96 bits per heavy atom. The van der Waals surface area contributed by atoms with Gasteiger partial charge in [-0.15, -0.1) is 10.2 Å². The lowest BCUT2D eigenvalue weighted by Gasteiger charge is -2.01. The molecule has 3 heterocycles. The van der Waals surface area contributed by atoms with Crippen LogP contribution in [0.25, 0.3) is 11.3 Å². The van der Waals surface area contributed by atoms with E-state index in [0.29, 0.717) is 46.4 Å². The van der Waals surface area contributed by atoms with Crippen LogP contribution in [0.15, 0.2) is 44.5 Å². The SMILES string of the molecule is O=S1(=O)CCC(Cc2nnc(SCc3ncc(-c4ccc(Cl)cc4)o3)o2)C1. The van der Waals surface area contributed by atoms with Gasteiger partial charge in [-0.2, -0.15) is 0 Å². The number of hydrogen-bond acceptors (Lipinski definition) is 8. The number of sulfone groups is 1. The van der Waals surface area contributed by atoms with Crippen molar-refractivity contribution in [2.45, 2.75) is 23.8 Å². The van der Waals surface area contributed by atoms with E-state index in [9.17, 15) is 8.42 Å². The average molecular weight is 426 g/mol. The van der Waals surface area contributed by atoms with Crippen molar-refractivity contribution in [2.75, 3.05) is 11.5 Å². The zero-order chi connectivity index (χ0) is 18.9. The van der Waals surface area contributed by atoms with Gasteiger partial charge in [0.25, 0.3) is 5.22 Å². The maximum absolute atomic E-state index is 11.5. The molecule has 1 aliphatic heterocycles. The normalized spacial score (nSPS) is 18.8. The molecule has 1 aromatic carbocycles. The van der Waals surface area contributed by atoms with Crippen LogP contribution in [0.3, 0.4) is 0 Å². The molecule has 2 aromatic heterocycles. The van der Waals surface area contributed by atoms with E-state index in [1.165, 1.54) is 11.8 Å². The topological polar surface area (TPSA) is 99.1 Å². The van der Waals surface area contributed by atoms with Crippen LogP contribution in [0.2, 0.25) is 5.02 Å². The minimum Gasteiger partial charge on any atom is -0.440 e. The second-order valence-corrected chi connectivity index (χ2v) is 9.94. The summed E-state index contributed by atoms with van der Waals surface area (Å²) >= 11 is 7.22. The van der Waals surface area contributed by atoms with E-state index < -0.39 is 9.84 Å². The molecule has 4 rings (SSSR count). The molecule has 1 fully saturated rings. The number of thioether (sulfide) groups is 1. The van der Waals surface area contributed by atoms with E-state index in [4.69, 9.17) is 20.4 Å². The number of halogens is 1. The molecule has 7 nitrogen and oxygen atoms in total. The summed E-state index contributed by atoms with van der Waals surface area (Å²) in [5.74, 6) is 2.63. The maximum Gasteiger partial charge on any atom is 0.277 e. The van der Waals surface area contributed by atoms with Crippen LogP contribution in [0, 0.1) is 5.92 Å². The number of aromatic nitrogens is 3. The van der Waals surface area contributed by atoms with Crippen LogP contribution in [-0.2, 0) is 22.0 Å². The fourth-order valence-electron chi connectivity index (χ4n) is 2.91. The zero-order valence-electron chi connectivity index (χ0n) is 14.2. The third-order valence-corrected chi connectivity index (χ3v) is 7.13. The molecule has 27 heavy (non-hydrogen) atoms. The van der Waals surface area contributed by atoms with Gasteiger partial charge in [0.05, 0.1) is 23.5 Å². The Kier molecular flexibility index (Phi) is 5.25. The minimum atomic E-state index is -2.90. The van der Waals surface area contributed by atoms with E-state index in [1.54, 1.807) is 18.3 Å². The third kappa shape index (κ3) is 4.72.